The van der Waals surface area contributed by atoms with Crippen LogP contribution in [0.25, 0.3) is 0 Å². The van der Waals surface area contributed by atoms with E-state index in [0.717, 1.165) is 18.8 Å². The molecule has 0 aromatic carbocycles. The Balaban J connectivity index is 2.18. The molecule has 0 bridgehead atoms. The number of nitrogens with one attached hydrogen (secondary N) is 2. The Labute approximate surface area is 80.6 Å². The van der Waals surface area contributed by atoms with E-state index in [1.54, 1.807) is 12.5 Å². The first-order chi connectivity index (χ1) is 6.20. The fourth-order valence-corrected chi connectivity index (χ4v) is 1.26. The molecule has 0 fully saturated rings. The standard InChI is InChI=1S/C8H15N3OS/c1-7(13(2)12)5-9-6-8-3-4-10-11-8/h3-4,7,9H,5-6H2,1-2H3,(H,10,11). The zero-order valence-corrected chi connectivity index (χ0v) is 8.73. The summed E-state index contributed by atoms with van der Waals surface area (Å²) >= 11 is 0. The first-order valence-electron chi connectivity index (χ1n) is 4.21. The zero-order chi connectivity index (χ0) is 9.68. The van der Waals surface area contributed by atoms with Crippen LogP contribution in [0.5, 0.6) is 0 Å². The molecule has 1 aromatic heterocycles. The lowest BCUT2D eigenvalue weighted by molar-refractivity contribution is 0.641. The molecule has 2 unspecified atom stereocenters. The van der Waals surface area contributed by atoms with Gasteiger partial charge in [-0.2, -0.15) is 5.10 Å². The van der Waals surface area contributed by atoms with E-state index in [1.807, 2.05) is 13.0 Å². The van der Waals surface area contributed by atoms with Gasteiger partial charge < -0.3 is 5.32 Å². The summed E-state index contributed by atoms with van der Waals surface area (Å²) in [7, 11) is -0.747. The van der Waals surface area contributed by atoms with E-state index in [-0.39, 0.29) is 5.25 Å². The Hall–Kier alpha value is -0.680. The highest BCUT2D eigenvalue weighted by molar-refractivity contribution is 7.84. The summed E-state index contributed by atoms with van der Waals surface area (Å²) in [5.41, 5.74) is 1.05. The van der Waals surface area contributed by atoms with E-state index in [9.17, 15) is 4.21 Å². The summed E-state index contributed by atoms with van der Waals surface area (Å²) in [5, 5.41) is 10.1. The molecule has 74 valence electrons. The molecule has 4 nitrogen and oxygen atoms in total. The van der Waals surface area contributed by atoms with E-state index in [1.165, 1.54) is 0 Å². The molecule has 0 amide bonds. The third kappa shape index (κ3) is 3.69. The molecule has 2 N–H and O–H groups in total. The Morgan fingerprint density at radius 1 is 1.77 bits per heavy atom. The molecule has 0 aliphatic carbocycles. The molecule has 0 radical (unpaired) electrons. The average Bonchev–Trinajstić information content (AvgIpc) is 2.56. The minimum atomic E-state index is -0.747. The Bertz CT molecular complexity index is 260. The minimum absolute atomic E-state index is 0.197. The van der Waals surface area contributed by atoms with Crippen molar-refractivity contribution in [3.05, 3.63) is 18.0 Å². The zero-order valence-electron chi connectivity index (χ0n) is 7.91. The van der Waals surface area contributed by atoms with E-state index >= 15 is 0 Å². The normalized spacial score (nSPS) is 15.5. The van der Waals surface area contributed by atoms with Crippen LogP contribution in [0, 0.1) is 0 Å². The smallest absolute Gasteiger partial charge is 0.0490 e. The molecule has 0 aliphatic heterocycles. The number of rotatable bonds is 5. The molecule has 5 heteroatoms. The molecule has 1 rings (SSSR count). The van der Waals surface area contributed by atoms with E-state index in [4.69, 9.17) is 0 Å². The first kappa shape index (κ1) is 10.4. The van der Waals surface area contributed by atoms with Crippen molar-refractivity contribution in [2.45, 2.75) is 18.7 Å². The maximum atomic E-state index is 11.0. The van der Waals surface area contributed by atoms with E-state index < -0.39 is 10.8 Å². The first-order valence-corrected chi connectivity index (χ1v) is 5.83. The topological polar surface area (TPSA) is 57.8 Å². The maximum Gasteiger partial charge on any atom is 0.0490 e. The lowest BCUT2D eigenvalue weighted by Gasteiger charge is -2.08. The molecule has 2 atom stereocenters. The van der Waals surface area contributed by atoms with Crippen molar-refractivity contribution in [1.82, 2.24) is 15.5 Å². The summed E-state index contributed by atoms with van der Waals surface area (Å²) in [4.78, 5) is 0. The van der Waals surface area contributed by atoms with Crippen LogP contribution in [0.15, 0.2) is 12.3 Å². The molecule has 0 aliphatic rings. The van der Waals surface area contributed by atoms with Gasteiger partial charge in [0.2, 0.25) is 0 Å². The predicted octanol–water partition coefficient (Wildman–Crippen LogP) is 0.266. The largest absolute Gasteiger partial charge is 0.310 e. The van der Waals surface area contributed by atoms with Gasteiger partial charge in [-0.3, -0.25) is 9.31 Å². The molecule has 1 aromatic rings. The fraction of sp³-hybridized carbons (Fsp3) is 0.625. The number of H-pyrrole nitrogens is 1. The highest BCUT2D eigenvalue weighted by Crippen LogP contribution is 1.93. The van der Waals surface area contributed by atoms with Gasteiger partial charge in [0.25, 0.3) is 0 Å². The molecule has 1 heterocycles. The van der Waals surface area contributed by atoms with Gasteiger partial charge in [0.15, 0.2) is 0 Å². The van der Waals surface area contributed by atoms with Gasteiger partial charge in [0.1, 0.15) is 0 Å². The lowest BCUT2D eigenvalue weighted by Crippen LogP contribution is -2.27. The van der Waals surface area contributed by atoms with Crippen LogP contribution in [0.2, 0.25) is 0 Å². The molecule has 0 saturated heterocycles. The Kier molecular flexibility index (Phi) is 4.11. The van der Waals surface area contributed by atoms with Crippen LogP contribution in [0.1, 0.15) is 12.6 Å². The predicted molar refractivity (Wildman–Crippen MR) is 53.8 cm³/mol. The van der Waals surface area contributed by atoms with Crippen molar-refractivity contribution in [3.63, 3.8) is 0 Å². The van der Waals surface area contributed by atoms with Gasteiger partial charge >= 0.3 is 0 Å². The molecule has 0 spiro atoms. The monoisotopic (exact) mass is 201 g/mol. The van der Waals surface area contributed by atoms with Crippen LogP contribution >= 0.6 is 0 Å². The highest BCUT2D eigenvalue weighted by atomic mass is 32.2. The van der Waals surface area contributed by atoms with Crippen molar-refractivity contribution >= 4 is 10.8 Å². The average molecular weight is 201 g/mol. The summed E-state index contributed by atoms with van der Waals surface area (Å²) in [6.07, 6.45) is 3.45. The van der Waals surface area contributed by atoms with Gasteiger partial charge in [-0.15, -0.1) is 0 Å². The number of aromatic amines is 1. The van der Waals surface area contributed by atoms with Crippen molar-refractivity contribution in [2.24, 2.45) is 0 Å². The van der Waals surface area contributed by atoms with Crippen LogP contribution in [0.3, 0.4) is 0 Å². The van der Waals surface area contributed by atoms with E-state index in [0.29, 0.717) is 0 Å². The summed E-state index contributed by atoms with van der Waals surface area (Å²) < 4.78 is 11.0. The molecular weight excluding hydrogens is 186 g/mol. The van der Waals surface area contributed by atoms with Crippen molar-refractivity contribution < 1.29 is 4.21 Å². The van der Waals surface area contributed by atoms with Gasteiger partial charge in [0, 0.05) is 47.3 Å². The van der Waals surface area contributed by atoms with Crippen LogP contribution < -0.4 is 5.32 Å². The van der Waals surface area contributed by atoms with Crippen LogP contribution in [0.4, 0.5) is 0 Å². The number of aromatic nitrogens is 2. The second-order valence-corrected chi connectivity index (χ2v) is 4.82. The number of hydrogen-bond acceptors (Lipinski definition) is 3. The van der Waals surface area contributed by atoms with Crippen molar-refractivity contribution in [3.8, 4) is 0 Å². The minimum Gasteiger partial charge on any atom is -0.310 e. The maximum absolute atomic E-state index is 11.0. The Morgan fingerprint density at radius 2 is 2.54 bits per heavy atom. The second kappa shape index (κ2) is 5.14. The fourth-order valence-electron chi connectivity index (χ4n) is 0.911. The van der Waals surface area contributed by atoms with Crippen LogP contribution in [-0.2, 0) is 17.3 Å². The van der Waals surface area contributed by atoms with Crippen LogP contribution in [-0.4, -0.2) is 32.5 Å². The second-order valence-electron chi connectivity index (χ2n) is 3.02. The summed E-state index contributed by atoms with van der Waals surface area (Å²) in [6.45, 7) is 3.49. The summed E-state index contributed by atoms with van der Waals surface area (Å²) in [5.74, 6) is 0. The third-order valence-electron chi connectivity index (χ3n) is 1.87. The quantitative estimate of drug-likeness (QED) is 0.719. The van der Waals surface area contributed by atoms with Crippen molar-refractivity contribution in [2.75, 3.05) is 12.8 Å². The Morgan fingerprint density at radius 3 is 3.08 bits per heavy atom. The van der Waals surface area contributed by atoms with Gasteiger partial charge in [-0.25, -0.2) is 0 Å². The summed E-state index contributed by atoms with van der Waals surface area (Å²) in [6, 6.07) is 1.92. The number of nitrogens with zero attached hydrogens (tertiary/aromatic N) is 1. The molecular formula is C8H15N3OS. The lowest BCUT2D eigenvalue weighted by atomic mass is 10.4. The molecule has 13 heavy (non-hydrogen) atoms. The van der Waals surface area contributed by atoms with Gasteiger partial charge in [-0.05, 0) is 13.0 Å². The SMILES string of the molecule is CC(CNCc1ccn[nH]1)S(C)=O. The molecule has 0 saturated carbocycles. The van der Waals surface area contributed by atoms with Crippen molar-refractivity contribution in [1.29, 1.82) is 0 Å². The van der Waals surface area contributed by atoms with Gasteiger partial charge in [0.05, 0.1) is 0 Å². The third-order valence-corrected chi connectivity index (χ3v) is 3.17. The van der Waals surface area contributed by atoms with Gasteiger partial charge in [-0.1, -0.05) is 0 Å². The highest BCUT2D eigenvalue weighted by Gasteiger charge is 2.04. The van der Waals surface area contributed by atoms with E-state index in [2.05, 4.69) is 15.5 Å². The number of hydrogen-bond donors (Lipinski definition) is 2.